The van der Waals surface area contributed by atoms with Crippen molar-refractivity contribution in [1.29, 1.82) is 0 Å². The van der Waals surface area contributed by atoms with Crippen molar-refractivity contribution < 1.29 is 14.1 Å². The molecule has 2 aromatic heterocycles. The maximum absolute atomic E-state index is 13.0. The van der Waals surface area contributed by atoms with Crippen LogP contribution in [0.2, 0.25) is 0 Å². The monoisotopic (exact) mass is 415 g/mol. The number of nitrogens with zero attached hydrogens (tertiary/aromatic N) is 3. The van der Waals surface area contributed by atoms with Crippen molar-refractivity contribution in [1.82, 2.24) is 15.0 Å². The number of hydrogen-bond donors (Lipinski definition) is 0. The van der Waals surface area contributed by atoms with Crippen LogP contribution in [0.5, 0.6) is 5.75 Å². The maximum atomic E-state index is 13.0. The summed E-state index contributed by atoms with van der Waals surface area (Å²) in [5.41, 5.74) is 0.320. The van der Waals surface area contributed by atoms with E-state index >= 15 is 0 Å². The topological polar surface area (TPSA) is 68.5 Å². The molecule has 0 aliphatic carbocycles. The van der Waals surface area contributed by atoms with E-state index in [-0.39, 0.29) is 18.6 Å². The molecular formula is C20H21N3O3S2. The lowest BCUT2D eigenvalue weighted by Crippen LogP contribution is -2.38. The zero-order valence-electron chi connectivity index (χ0n) is 15.5. The van der Waals surface area contributed by atoms with Gasteiger partial charge >= 0.3 is 0 Å². The molecule has 28 heavy (non-hydrogen) atoms. The fourth-order valence-corrected chi connectivity index (χ4v) is 4.67. The molecule has 0 spiro atoms. The lowest BCUT2D eigenvalue weighted by atomic mass is 10.0. The standard InChI is InChI=1S/C20H21N3O3S2/c1-27-18-8-3-2-7-17(18)25-13-14-12-15(22-26-14)20(24)23-10-5-4-6-16(23)19-21-9-11-28-19/h2-3,7-9,11-12,16H,4-6,10,13H2,1H3. The van der Waals surface area contributed by atoms with Gasteiger partial charge in [-0.05, 0) is 37.7 Å². The average molecular weight is 416 g/mol. The fraction of sp³-hybridized carbons (Fsp3) is 0.350. The molecule has 3 aromatic rings. The van der Waals surface area contributed by atoms with Gasteiger partial charge in [-0.2, -0.15) is 0 Å². The number of rotatable bonds is 6. The van der Waals surface area contributed by atoms with Crippen LogP contribution in [-0.4, -0.2) is 33.7 Å². The zero-order valence-corrected chi connectivity index (χ0v) is 17.2. The average Bonchev–Trinajstić information content (AvgIpc) is 3.44. The zero-order chi connectivity index (χ0) is 19.3. The van der Waals surface area contributed by atoms with E-state index in [1.54, 1.807) is 35.4 Å². The SMILES string of the molecule is CSc1ccccc1OCc1cc(C(=O)N2CCCCC2c2nccs2)no1. The molecule has 0 saturated carbocycles. The summed E-state index contributed by atoms with van der Waals surface area (Å²) in [6.07, 6.45) is 6.81. The Bertz CT molecular complexity index is 926. The molecule has 146 valence electrons. The molecule has 1 saturated heterocycles. The number of hydrogen-bond acceptors (Lipinski definition) is 7. The number of piperidine rings is 1. The summed E-state index contributed by atoms with van der Waals surface area (Å²) >= 11 is 3.21. The molecule has 1 atom stereocenters. The van der Waals surface area contributed by atoms with Crippen LogP contribution >= 0.6 is 23.1 Å². The van der Waals surface area contributed by atoms with Crippen LogP contribution in [-0.2, 0) is 6.61 Å². The lowest BCUT2D eigenvalue weighted by molar-refractivity contribution is 0.0600. The summed E-state index contributed by atoms with van der Waals surface area (Å²) in [5, 5.41) is 6.92. The number of amides is 1. The Morgan fingerprint density at radius 3 is 3.11 bits per heavy atom. The highest BCUT2D eigenvalue weighted by Gasteiger charge is 2.31. The van der Waals surface area contributed by atoms with Crippen molar-refractivity contribution >= 4 is 29.0 Å². The Kier molecular flexibility index (Phi) is 5.97. The normalized spacial score (nSPS) is 16.9. The largest absolute Gasteiger partial charge is 0.484 e. The Hall–Kier alpha value is -2.32. The highest BCUT2D eigenvalue weighted by molar-refractivity contribution is 7.98. The van der Waals surface area contributed by atoms with Crippen LogP contribution in [0.3, 0.4) is 0 Å². The van der Waals surface area contributed by atoms with Gasteiger partial charge < -0.3 is 14.2 Å². The Labute approximate surface area is 171 Å². The van der Waals surface area contributed by atoms with Gasteiger partial charge in [-0.1, -0.05) is 17.3 Å². The van der Waals surface area contributed by atoms with Gasteiger partial charge in [-0.15, -0.1) is 23.1 Å². The first-order valence-electron chi connectivity index (χ1n) is 9.18. The second-order valence-corrected chi connectivity index (χ2v) is 8.27. The van der Waals surface area contributed by atoms with Crippen LogP contribution in [0.1, 0.15) is 46.6 Å². The number of carbonyl (C=O) groups excluding carboxylic acids is 1. The quantitative estimate of drug-likeness (QED) is 0.539. The second kappa shape index (κ2) is 8.79. The summed E-state index contributed by atoms with van der Waals surface area (Å²) in [5.74, 6) is 1.21. The second-order valence-electron chi connectivity index (χ2n) is 6.50. The van der Waals surface area contributed by atoms with Crippen molar-refractivity contribution in [3.8, 4) is 5.75 Å². The van der Waals surface area contributed by atoms with E-state index in [9.17, 15) is 4.79 Å². The number of thioether (sulfide) groups is 1. The Balaban J connectivity index is 1.45. The van der Waals surface area contributed by atoms with Crippen LogP contribution < -0.4 is 4.74 Å². The summed E-state index contributed by atoms with van der Waals surface area (Å²) in [6, 6.07) is 9.52. The molecule has 1 aromatic carbocycles. The van der Waals surface area contributed by atoms with Gasteiger partial charge in [-0.3, -0.25) is 4.79 Å². The molecule has 4 rings (SSSR count). The molecule has 1 aliphatic heterocycles. The van der Waals surface area contributed by atoms with Gasteiger partial charge in [0.15, 0.2) is 11.5 Å². The fourth-order valence-electron chi connectivity index (χ4n) is 3.35. The van der Waals surface area contributed by atoms with Crippen LogP contribution in [0, 0.1) is 0 Å². The minimum absolute atomic E-state index is 0.0195. The van der Waals surface area contributed by atoms with Crippen molar-refractivity contribution in [2.24, 2.45) is 0 Å². The van der Waals surface area contributed by atoms with E-state index in [4.69, 9.17) is 9.26 Å². The van der Waals surface area contributed by atoms with Gasteiger partial charge in [0.25, 0.3) is 5.91 Å². The van der Waals surface area contributed by atoms with Crippen LogP contribution in [0.25, 0.3) is 0 Å². The van der Waals surface area contributed by atoms with Gasteiger partial charge in [-0.25, -0.2) is 4.98 Å². The third-order valence-corrected chi connectivity index (χ3v) is 6.37. The lowest BCUT2D eigenvalue weighted by Gasteiger charge is -2.33. The third kappa shape index (κ3) is 4.07. The molecule has 1 fully saturated rings. The number of aromatic nitrogens is 2. The first-order chi connectivity index (χ1) is 13.8. The van der Waals surface area contributed by atoms with Crippen LogP contribution in [0.4, 0.5) is 0 Å². The highest BCUT2D eigenvalue weighted by atomic mass is 32.2. The number of carbonyl (C=O) groups is 1. The molecule has 8 heteroatoms. The molecular weight excluding hydrogens is 394 g/mol. The predicted octanol–water partition coefficient (Wildman–Crippen LogP) is 4.80. The summed E-state index contributed by atoms with van der Waals surface area (Å²) in [7, 11) is 0. The molecule has 0 radical (unpaired) electrons. The molecule has 0 N–H and O–H groups in total. The molecule has 0 bridgehead atoms. The first-order valence-corrected chi connectivity index (χ1v) is 11.3. The highest BCUT2D eigenvalue weighted by Crippen LogP contribution is 2.33. The van der Waals surface area contributed by atoms with Crippen LogP contribution in [0.15, 0.2) is 51.3 Å². The van der Waals surface area contributed by atoms with E-state index in [1.165, 1.54) is 0 Å². The van der Waals surface area contributed by atoms with E-state index in [2.05, 4.69) is 10.1 Å². The Morgan fingerprint density at radius 2 is 2.29 bits per heavy atom. The number of thiazole rings is 1. The van der Waals surface area contributed by atoms with E-state index in [0.29, 0.717) is 18.0 Å². The minimum Gasteiger partial charge on any atom is -0.484 e. The van der Waals surface area contributed by atoms with E-state index in [0.717, 1.165) is 34.9 Å². The molecule has 1 aliphatic rings. The first kappa shape index (κ1) is 19.0. The third-order valence-electron chi connectivity index (χ3n) is 4.72. The van der Waals surface area contributed by atoms with Gasteiger partial charge in [0.2, 0.25) is 0 Å². The predicted molar refractivity (Wildman–Crippen MR) is 109 cm³/mol. The van der Waals surface area contributed by atoms with E-state index < -0.39 is 0 Å². The summed E-state index contributed by atoms with van der Waals surface area (Å²) < 4.78 is 11.2. The molecule has 6 nitrogen and oxygen atoms in total. The number of ether oxygens (including phenoxy) is 1. The Morgan fingerprint density at radius 1 is 1.39 bits per heavy atom. The molecule has 1 unspecified atom stereocenters. The number of para-hydroxylation sites is 1. The summed E-state index contributed by atoms with van der Waals surface area (Å²) in [6.45, 7) is 0.941. The maximum Gasteiger partial charge on any atom is 0.276 e. The number of benzene rings is 1. The van der Waals surface area contributed by atoms with Crippen molar-refractivity contribution in [3.05, 3.63) is 58.4 Å². The van der Waals surface area contributed by atoms with Gasteiger partial charge in [0.05, 0.1) is 6.04 Å². The van der Waals surface area contributed by atoms with Crippen molar-refractivity contribution in [2.75, 3.05) is 12.8 Å². The van der Waals surface area contributed by atoms with Gasteiger partial charge in [0, 0.05) is 29.1 Å². The smallest absolute Gasteiger partial charge is 0.276 e. The van der Waals surface area contributed by atoms with Gasteiger partial charge in [0.1, 0.15) is 17.4 Å². The van der Waals surface area contributed by atoms with Crippen molar-refractivity contribution in [3.63, 3.8) is 0 Å². The van der Waals surface area contributed by atoms with E-state index in [1.807, 2.05) is 40.8 Å². The molecule has 1 amide bonds. The minimum atomic E-state index is -0.112. The number of likely N-dealkylation sites (tertiary alicyclic amines) is 1. The summed E-state index contributed by atoms with van der Waals surface area (Å²) in [4.78, 5) is 20.4. The van der Waals surface area contributed by atoms with Crippen molar-refractivity contribution in [2.45, 2.75) is 36.8 Å². The molecule has 3 heterocycles.